The molecule has 0 aliphatic carbocycles. The molecule has 1 nitrogen and oxygen atoms in total. The van der Waals surface area contributed by atoms with E-state index in [0.29, 0.717) is 5.02 Å². The molecule has 96 valence electrons. The van der Waals surface area contributed by atoms with Crippen molar-refractivity contribution in [3.63, 3.8) is 0 Å². The Bertz CT molecular complexity index is 358. The van der Waals surface area contributed by atoms with Crippen LogP contribution >= 0.6 is 34.2 Å². The van der Waals surface area contributed by atoms with E-state index in [2.05, 4.69) is 55.5 Å². The van der Waals surface area contributed by atoms with E-state index in [1.807, 2.05) is 6.07 Å². The number of benzene rings is 1. The Balaban J connectivity index is 2.72. The molecule has 0 saturated heterocycles. The van der Waals surface area contributed by atoms with Crippen molar-refractivity contribution in [3.05, 3.63) is 28.8 Å². The first-order valence-electron chi connectivity index (χ1n) is 5.89. The molecule has 0 N–H and O–H groups in total. The molecule has 0 saturated carbocycles. The second-order valence-corrected chi connectivity index (χ2v) is 6.88. The monoisotopic (exact) mass is 366 g/mol. The van der Waals surface area contributed by atoms with Crippen LogP contribution in [-0.2, 0) is 6.42 Å². The van der Waals surface area contributed by atoms with E-state index in [0.717, 1.165) is 29.6 Å². The number of halogens is 2. The highest BCUT2D eigenvalue weighted by atomic mass is 127. The van der Waals surface area contributed by atoms with Gasteiger partial charge in [-0.2, -0.15) is 0 Å². The van der Waals surface area contributed by atoms with Gasteiger partial charge in [0.05, 0.1) is 11.6 Å². The lowest BCUT2D eigenvalue weighted by Crippen LogP contribution is -2.09. The minimum Gasteiger partial charge on any atom is -0.492 e. The van der Waals surface area contributed by atoms with Gasteiger partial charge in [0.25, 0.3) is 0 Å². The quantitative estimate of drug-likeness (QED) is 0.399. The minimum atomic E-state index is 0.285. The zero-order valence-corrected chi connectivity index (χ0v) is 13.6. The standard InChI is InChI=1S/C14H20ClIO/c1-14(2,3)10-11-5-6-12(15)13(9-11)17-8-4-7-16/h5-6,9H,4,7-8,10H2,1-3H3. The van der Waals surface area contributed by atoms with Crippen molar-refractivity contribution in [2.75, 3.05) is 11.0 Å². The molecular formula is C14H20ClIO. The Morgan fingerprint density at radius 2 is 2.00 bits per heavy atom. The fourth-order valence-electron chi connectivity index (χ4n) is 1.62. The second-order valence-electron chi connectivity index (χ2n) is 5.39. The van der Waals surface area contributed by atoms with Gasteiger partial charge in [0, 0.05) is 4.43 Å². The lowest BCUT2D eigenvalue weighted by molar-refractivity contribution is 0.319. The van der Waals surface area contributed by atoms with Crippen LogP contribution in [0.1, 0.15) is 32.8 Å². The summed E-state index contributed by atoms with van der Waals surface area (Å²) in [5.74, 6) is 0.818. The zero-order chi connectivity index (χ0) is 12.9. The van der Waals surface area contributed by atoms with Crippen molar-refractivity contribution >= 4 is 34.2 Å². The number of hydrogen-bond donors (Lipinski definition) is 0. The summed E-state index contributed by atoms with van der Waals surface area (Å²) in [4.78, 5) is 0. The first kappa shape index (κ1) is 15.1. The Morgan fingerprint density at radius 1 is 1.29 bits per heavy atom. The second kappa shape index (κ2) is 6.83. The number of ether oxygens (including phenoxy) is 1. The predicted octanol–water partition coefficient (Wildman–Crippen LogP) is 5.13. The van der Waals surface area contributed by atoms with E-state index < -0.39 is 0 Å². The van der Waals surface area contributed by atoms with Crippen molar-refractivity contribution in [2.45, 2.75) is 33.6 Å². The van der Waals surface area contributed by atoms with E-state index in [-0.39, 0.29) is 5.41 Å². The molecule has 3 heteroatoms. The average molecular weight is 367 g/mol. The summed E-state index contributed by atoms with van der Waals surface area (Å²) in [5, 5.41) is 0.705. The molecule has 0 unspecified atom stereocenters. The van der Waals surface area contributed by atoms with Gasteiger partial charge in [-0.25, -0.2) is 0 Å². The van der Waals surface area contributed by atoms with Crippen LogP contribution in [-0.4, -0.2) is 11.0 Å². The molecule has 0 aliphatic heterocycles. The van der Waals surface area contributed by atoms with Gasteiger partial charge in [0.15, 0.2) is 0 Å². The minimum absolute atomic E-state index is 0.285. The first-order chi connectivity index (χ1) is 7.92. The maximum Gasteiger partial charge on any atom is 0.138 e. The van der Waals surface area contributed by atoms with E-state index in [4.69, 9.17) is 16.3 Å². The van der Waals surface area contributed by atoms with Crippen LogP contribution in [0.25, 0.3) is 0 Å². The van der Waals surface area contributed by atoms with Crippen molar-refractivity contribution in [2.24, 2.45) is 5.41 Å². The highest BCUT2D eigenvalue weighted by Crippen LogP contribution is 2.29. The maximum absolute atomic E-state index is 6.12. The van der Waals surface area contributed by atoms with Crippen LogP contribution in [0.5, 0.6) is 5.75 Å². The maximum atomic E-state index is 6.12. The normalized spacial score (nSPS) is 11.6. The lowest BCUT2D eigenvalue weighted by atomic mass is 9.88. The summed E-state index contributed by atoms with van der Waals surface area (Å²) in [5.41, 5.74) is 1.57. The molecule has 0 atom stereocenters. The molecule has 1 aromatic carbocycles. The topological polar surface area (TPSA) is 9.23 Å². The largest absolute Gasteiger partial charge is 0.492 e. The van der Waals surface area contributed by atoms with Gasteiger partial charge in [-0.1, -0.05) is 61.0 Å². The van der Waals surface area contributed by atoms with E-state index in [1.165, 1.54) is 5.56 Å². The summed E-state index contributed by atoms with van der Waals surface area (Å²) < 4.78 is 6.80. The van der Waals surface area contributed by atoms with E-state index in [9.17, 15) is 0 Å². The highest BCUT2D eigenvalue weighted by Gasteiger charge is 2.12. The molecule has 0 amide bonds. The molecule has 0 bridgehead atoms. The Hall–Kier alpha value is 0.0400. The third-order valence-corrected chi connectivity index (χ3v) is 3.34. The molecule has 0 aliphatic rings. The van der Waals surface area contributed by atoms with Gasteiger partial charge < -0.3 is 4.74 Å². The number of hydrogen-bond acceptors (Lipinski definition) is 1. The van der Waals surface area contributed by atoms with Crippen LogP contribution in [0.2, 0.25) is 5.02 Å². The lowest BCUT2D eigenvalue weighted by Gasteiger charge is -2.19. The molecule has 17 heavy (non-hydrogen) atoms. The molecule has 1 aromatic rings. The van der Waals surface area contributed by atoms with Gasteiger partial charge in [-0.3, -0.25) is 0 Å². The molecule has 0 heterocycles. The third-order valence-electron chi connectivity index (χ3n) is 2.27. The molecule has 0 aromatic heterocycles. The van der Waals surface area contributed by atoms with Crippen molar-refractivity contribution in [3.8, 4) is 5.75 Å². The highest BCUT2D eigenvalue weighted by molar-refractivity contribution is 14.1. The molecule has 1 rings (SSSR count). The fraction of sp³-hybridized carbons (Fsp3) is 0.571. The van der Waals surface area contributed by atoms with Gasteiger partial charge in [0.1, 0.15) is 5.75 Å². The molecule has 0 fully saturated rings. The number of alkyl halides is 1. The number of rotatable bonds is 5. The third kappa shape index (κ3) is 5.96. The summed E-state index contributed by atoms with van der Waals surface area (Å²) in [6.07, 6.45) is 2.09. The average Bonchev–Trinajstić information content (AvgIpc) is 2.21. The Kier molecular flexibility index (Phi) is 6.07. The van der Waals surface area contributed by atoms with Gasteiger partial charge in [-0.05, 0) is 36.0 Å². The molecule has 0 spiro atoms. The van der Waals surface area contributed by atoms with Gasteiger partial charge in [-0.15, -0.1) is 0 Å². The summed E-state index contributed by atoms with van der Waals surface area (Å²) in [6, 6.07) is 6.08. The predicted molar refractivity (Wildman–Crippen MR) is 83.6 cm³/mol. The van der Waals surface area contributed by atoms with Gasteiger partial charge >= 0.3 is 0 Å². The van der Waals surface area contributed by atoms with E-state index >= 15 is 0 Å². The molecule has 0 radical (unpaired) electrons. The first-order valence-corrected chi connectivity index (χ1v) is 7.80. The zero-order valence-electron chi connectivity index (χ0n) is 10.7. The van der Waals surface area contributed by atoms with Crippen molar-refractivity contribution in [1.29, 1.82) is 0 Å². The van der Waals surface area contributed by atoms with Crippen molar-refractivity contribution in [1.82, 2.24) is 0 Å². The van der Waals surface area contributed by atoms with Crippen LogP contribution in [0.15, 0.2) is 18.2 Å². The smallest absolute Gasteiger partial charge is 0.138 e. The van der Waals surface area contributed by atoms with Crippen molar-refractivity contribution < 1.29 is 4.74 Å². The summed E-state index contributed by atoms with van der Waals surface area (Å²) >= 11 is 8.47. The van der Waals surface area contributed by atoms with E-state index in [1.54, 1.807) is 0 Å². The van der Waals surface area contributed by atoms with Gasteiger partial charge in [0.2, 0.25) is 0 Å². The summed E-state index contributed by atoms with van der Waals surface area (Å²) in [7, 11) is 0. The van der Waals surface area contributed by atoms with Crippen LogP contribution in [0.4, 0.5) is 0 Å². The SMILES string of the molecule is CC(C)(C)Cc1ccc(Cl)c(OCCCI)c1. The van der Waals surface area contributed by atoms with Crippen LogP contribution < -0.4 is 4.74 Å². The Labute approximate surface area is 123 Å². The van der Waals surface area contributed by atoms with Crippen LogP contribution in [0.3, 0.4) is 0 Å². The molecular weight excluding hydrogens is 347 g/mol. The Morgan fingerprint density at radius 3 is 2.59 bits per heavy atom. The fourth-order valence-corrected chi connectivity index (χ4v) is 2.10. The summed E-state index contributed by atoms with van der Waals surface area (Å²) in [6.45, 7) is 7.44. The van der Waals surface area contributed by atoms with Crippen LogP contribution in [0, 0.1) is 5.41 Å².